The van der Waals surface area contributed by atoms with Crippen LogP contribution in [0.25, 0.3) is 0 Å². The van der Waals surface area contributed by atoms with Crippen LogP contribution in [0.2, 0.25) is 0 Å². The Labute approximate surface area is 127 Å². The van der Waals surface area contributed by atoms with E-state index in [4.69, 9.17) is 11.1 Å². The first-order chi connectivity index (χ1) is 9.79. The van der Waals surface area contributed by atoms with E-state index in [9.17, 15) is 4.39 Å². The van der Waals surface area contributed by atoms with Crippen LogP contribution in [0, 0.1) is 17.1 Å². The predicted molar refractivity (Wildman–Crippen MR) is 86.1 cm³/mol. The highest BCUT2D eigenvalue weighted by molar-refractivity contribution is 5.94. The fraction of sp³-hybridized carbons (Fsp3) is 0.562. The predicted octanol–water partition coefficient (Wildman–Crippen LogP) is 2.13. The summed E-state index contributed by atoms with van der Waals surface area (Å²) in [5.41, 5.74) is 6.46. The molecule has 0 aliphatic rings. The van der Waals surface area contributed by atoms with Crippen molar-refractivity contribution in [2.45, 2.75) is 20.4 Å². The van der Waals surface area contributed by atoms with Gasteiger partial charge in [0, 0.05) is 37.3 Å². The molecule has 21 heavy (non-hydrogen) atoms. The number of benzene rings is 1. The van der Waals surface area contributed by atoms with E-state index in [1.54, 1.807) is 12.1 Å². The third kappa shape index (κ3) is 6.23. The lowest BCUT2D eigenvalue weighted by Gasteiger charge is -2.26. The van der Waals surface area contributed by atoms with Gasteiger partial charge in [0.25, 0.3) is 0 Å². The zero-order valence-corrected chi connectivity index (χ0v) is 13.5. The van der Waals surface area contributed by atoms with E-state index >= 15 is 0 Å². The summed E-state index contributed by atoms with van der Waals surface area (Å²) in [4.78, 5) is 4.39. The van der Waals surface area contributed by atoms with Crippen LogP contribution in [0.4, 0.5) is 4.39 Å². The van der Waals surface area contributed by atoms with Gasteiger partial charge in [0.2, 0.25) is 0 Å². The molecule has 1 aromatic carbocycles. The summed E-state index contributed by atoms with van der Waals surface area (Å²) in [7, 11) is 4.07. The van der Waals surface area contributed by atoms with Gasteiger partial charge in [0.1, 0.15) is 11.7 Å². The standard InChI is InChI=1S/C16H27FN4/c1-12(2)10-21(8-7-20(3)4)11-14-6-5-13(16(18)19)9-15(14)17/h5-6,9,12H,7-8,10-11H2,1-4H3,(H3,18,19). The summed E-state index contributed by atoms with van der Waals surface area (Å²) in [6, 6.07) is 4.78. The summed E-state index contributed by atoms with van der Waals surface area (Å²) in [6.45, 7) is 7.69. The van der Waals surface area contributed by atoms with E-state index in [1.807, 2.05) is 14.1 Å². The van der Waals surface area contributed by atoms with E-state index < -0.39 is 0 Å². The Hall–Kier alpha value is -1.46. The second kappa shape index (κ2) is 8.10. The minimum Gasteiger partial charge on any atom is -0.384 e. The number of halogens is 1. The Bertz CT molecular complexity index is 471. The molecular weight excluding hydrogens is 267 g/mol. The van der Waals surface area contributed by atoms with Gasteiger partial charge in [-0.2, -0.15) is 0 Å². The number of hydrogen-bond donors (Lipinski definition) is 2. The van der Waals surface area contributed by atoms with Gasteiger partial charge in [-0.1, -0.05) is 26.0 Å². The van der Waals surface area contributed by atoms with Gasteiger partial charge in [-0.05, 0) is 26.1 Å². The molecule has 4 nitrogen and oxygen atoms in total. The van der Waals surface area contributed by atoms with Crippen molar-refractivity contribution in [3.05, 3.63) is 35.1 Å². The van der Waals surface area contributed by atoms with Crippen molar-refractivity contribution in [1.82, 2.24) is 9.80 Å². The van der Waals surface area contributed by atoms with E-state index in [0.717, 1.165) is 19.6 Å². The molecular formula is C16H27FN4. The van der Waals surface area contributed by atoms with E-state index in [1.165, 1.54) is 6.07 Å². The summed E-state index contributed by atoms with van der Waals surface area (Å²) >= 11 is 0. The van der Waals surface area contributed by atoms with Crippen LogP contribution in [-0.2, 0) is 6.54 Å². The zero-order chi connectivity index (χ0) is 16.0. The van der Waals surface area contributed by atoms with Crippen LogP contribution in [0.3, 0.4) is 0 Å². The number of nitrogens with one attached hydrogen (secondary N) is 1. The maximum Gasteiger partial charge on any atom is 0.128 e. The Balaban J connectivity index is 2.79. The summed E-state index contributed by atoms with van der Waals surface area (Å²) in [6.07, 6.45) is 0. The number of nitrogens with two attached hydrogens (primary N) is 1. The van der Waals surface area contributed by atoms with Gasteiger partial charge in [-0.3, -0.25) is 10.3 Å². The fourth-order valence-electron chi connectivity index (χ4n) is 2.18. The topological polar surface area (TPSA) is 56.4 Å². The van der Waals surface area contributed by atoms with E-state index in [0.29, 0.717) is 23.6 Å². The lowest BCUT2D eigenvalue weighted by Crippen LogP contribution is -2.34. The van der Waals surface area contributed by atoms with Gasteiger partial charge in [0.15, 0.2) is 0 Å². The monoisotopic (exact) mass is 294 g/mol. The Kier molecular flexibility index (Phi) is 6.78. The Morgan fingerprint density at radius 1 is 1.29 bits per heavy atom. The first-order valence-corrected chi connectivity index (χ1v) is 7.29. The van der Waals surface area contributed by atoms with Crippen LogP contribution >= 0.6 is 0 Å². The van der Waals surface area contributed by atoms with Crippen LogP contribution in [0.1, 0.15) is 25.0 Å². The molecule has 0 fully saturated rings. The third-order valence-corrected chi connectivity index (χ3v) is 3.24. The molecule has 0 spiro atoms. The summed E-state index contributed by atoms with van der Waals surface area (Å²) in [5, 5.41) is 7.34. The Morgan fingerprint density at radius 2 is 1.95 bits per heavy atom. The van der Waals surface area contributed by atoms with Crippen molar-refractivity contribution >= 4 is 5.84 Å². The molecule has 0 unspecified atom stereocenters. The largest absolute Gasteiger partial charge is 0.384 e. The summed E-state index contributed by atoms with van der Waals surface area (Å²) < 4.78 is 14.1. The smallest absolute Gasteiger partial charge is 0.128 e. The molecule has 0 amide bonds. The van der Waals surface area contributed by atoms with Crippen molar-refractivity contribution in [2.24, 2.45) is 11.7 Å². The van der Waals surface area contributed by atoms with Gasteiger partial charge >= 0.3 is 0 Å². The first-order valence-electron chi connectivity index (χ1n) is 7.29. The van der Waals surface area contributed by atoms with Crippen molar-refractivity contribution in [2.75, 3.05) is 33.7 Å². The molecule has 0 heterocycles. The highest BCUT2D eigenvalue weighted by Gasteiger charge is 2.12. The number of likely N-dealkylation sites (N-methyl/N-ethyl adjacent to an activating group) is 1. The number of amidine groups is 1. The van der Waals surface area contributed by atoms with Gasteiger partial charge < -0.3 is 10.6 Å². The van der Waals surface area contributed by atoms with Crippen LogP contribution in [-0.4, -0.2) is 49.4 Å². The van der Waals surface area contributed by atoms with Crippen molar-refractivity contribution in [3.8, 4) is 0 Å². The van der Waals surface area contributed by atoms with Crippen molar-refractivity contribution < 1.29 is 4.39 Å². The molecule has 0 aliphatic heterocycles. The average molecular weight is 294 g/mol. The molecule has 5 heteroatoms. The van der Waals surface area contributed by atoms with E-state index in [2.05, 4.69) is 23.6 Å². The van der Waals surface area contributed by atoms with Crippen molar-refractivity contribution in [3.63, 3.8) is 0 Å². The van der Waals surface area contributed by atoms with Crippen LogP contribution in [0.15, 0.2) is 18.2 Å². The molecule has 1 rings (SSSR count). The van der Waals surface area contributed by atoms with Crippen LogP contribution < -0.4 is 5.73 Å². The molecule has 3 N–H and O–H groups in total. The van der Waals surface area contributed by atoms with Gasteiger partial charge in [-0.15, -0.1) is 0 Å². The minimum atomic E-state index is -0.290. The quantitative estimate of drug-likeness (QED) is 0.570. The fourth-order valence-corrected chi connectivity index (χ4v) is 2.18. The van der Waals surface area contributed by atoms with Gasteiger partial charge in [-0.25, -0.2) is 4.39 Å². The highest BCUT2D eigenvalue weighted by Crippen LogP contribution is 2.14. The molecule has 0 bridgehead atoms. The maximum atomic E-state index is 14.1. The average Bonchev–Trinajstić information content (AvgIpc) is 2.37. The number of nitrogens with zero attached hydrogens (tertiary/aromatic N) is 2. The first kappa shape index (κ1) is 17.6. The minimum absolute atomic E-state index is 0.105. The number of hydrogen-bond acceptors (Lipinski definition) is 3. The maximum absolute atomic E-state index is 14.1. The molecule has 0 aromatic heterocycles. The highest BCUT2D eigenvalue weighted by atomic mass is 19.1. The zero-order valence-electron chi connectivity index (χ0n) is 13.5. The molecule has 0 saturated carbocycles. The molecule has 0 atom stereocenters. The van der Waals surface area contributed by atoms with E-state index in [-0.39, 0.29) is 11.7 Å². The second-order valence-corrected chi connectivity index (χ2v) is 6.15. The second-order valence-electron chi connectivity index (χ2n) is 6.15. The third-order valence-electron chi connectivity index (χ3n) is 3.24. The Morgan fingerprint density at radius 3 is 2.43 bits per heavy atom. The molecule has 0 aliphatic carbocycles. The lowest BCUT2D eigenvalue weighted by atomic mass is 10.1. The molecule has 0 radical (unpaired) electrons. The SMILES string of the molecule is CC(C)CN(CCN(C)C)Cc1ccc(C(=N)N)cc1F. The number of nitrogen functional groups attached to an aromatic ring is 1. The molecule has 118 valence electrons. The lowest BCUT2D eigenvalue weighted by molar-refractivity contribution is 0.209. The molecule has 1 aromatic rings. The number of rotatable bonds is 8. The summed E-state index contributed by atoms with van der Waals surface area (Å²) in [5.74, 6) is 0.139. The van der Waals surface area contributed by atoms with Crippen LogP contribution in [0.5, 0.6) is 0 Å². The van der Waals surface area contributed by atoms with Crippen molar-refractivity contribution in [1.29, 1.82) is 5.41 Å². The molecule has 0 saturated heterocycles. The normalized spacial score (nSPS) is 11.6. The van der Waals surface area contributed by atoms with Gasteiger partial charge in [0.05, 0.1) is 0 Å².